The number of rotatable bonds is 4. The highest BCUT2D eigenvalue weighted by Crippen LogP contribution is 2.09. The second kappa shape index (κ2) is 5.96. The van der Waals surface area contributed by atoms with Gasteiger partial charge < -0.3 is 10.2 Å². The first-order valence-electron chi connectivity index (χ1n) is 4.87. The van der Waals surface area contributed by atoms with Gasteiger partial charge in [0, 0.05) is 5.41 Å². The molecule has 0 saturated heterocycles. The lowest BCUT2D eigenvalue weighted by Crippen LogP contribution is -2.22. The second-order valence-corrected chi connectivity index (χ2v) is 4.39. The fraction of sp³-hybridized carbons (Fsp3) is 0.500. The van der Waals surface area contributed by atoms with E-state index < -0.39 is 17.9 Å². The number of carboxylic acids is 2. The van der Waals surface area contributed by atoms with Gasteiger partial charge in [-0.05, 0) is 33.3 Å². The van der Waals surface area contributed by atoms with Crippen LogP contribution in [-0.4, -0.2) is 22.2 Å². The highest BCUT2D eigenvalue weighted by Gasteiger charge is 2.23. The van der Waals surface area contributed by atoms with Crippen molar-refractivity contribution in [2.45, 2.75) is 27.2 Å². The van der Waals surface area contributed by atoms with Crippen LogP contribution in [-0.2, 0) is 9.59 Å². The van der Waals surface area contributed by atoms with Gasteiger partial charge >= 0.3 is 11.9 Å². The zero-order chi connectivity index (χ0) is 12.8. The smallest absolute Gasteiger partial charge is 0.318 e. The Morgan fingerprint density at radius 2 is 1.75 bits per heavy atom. The van der Waals surface area contributed by atoms with E-state index in [1.807, 2.05) is 20.8 Å². The van der Waals surface area contributed by atoms with E-state index in [0.717, 1.165) is 0 Å². The molecule has 0 aromatic carbocycles. The molecule has 16 heavy (non-hydrogen) atoms. The Morgan fingerprint density at radius 3 is 2.12 bits per heavy atom. The molecule has 0 bridgehead atoms. The van der Waals surface area contributed by atoms with Gasteiger partial charge in [0.2, 0.25) is 0 Å². The fourth-order valence-electron chi connectivity index (χ4n) is 0.828. The van der Waals surface area contributed by atoms with Gasteiger partial charge in [-0.3, -0.25) is 9.59 Å². The van der Waals surface area contributed by atoms with Crippen molar-refractivity contribution in [1.29, 1.82) is 0 Å². The lowest BCUT2D eigenvalue weighted by molar-refractivity contribution is -0.154. The van der Waals surface area contributed by atoms with Crippen LogP contribution >= 0.6 is 0 Å². The predicted octanol–water partition coefficient (Wildman–Crippen LogP) is 1.77. The van der Waals surface area contributed by atoms with Crippen LogP contribution in [0.3, 0.4) is 0 Å². The van der Waals surface area contributed by atoms with Crippen molar-refractivity contribution in [3.8, 4) is 11.8 Å². The monoisotopic (exact) mass is 224 g/mol. The quantitative estimate of drug-likeness (QED) is 0.563. The zero-order valence-electron chi connectivity index (χ0n) is 9.65. The van der Waals surface area contributed by atoms with Crippen LogP contribution in [0.15, 0.2) is 12.2 Å². The molecule has 0 amide bonds. The van der Waals surface area contributed by atoms with Crippen LogP contribution in [0.5, 0.6) is 0 Å². The highest BCUT2D eigenvalue weighted by molar-refractivity contribution is 5.92. The van der Waals surface area contributed by atoms with E-state index in [1.54, 1.807) is 0 Å². The molecular weight excluding hydrogens is 208 g/mol. The first kappa shape index (κ1) is 14.2. The molecular formula is C12H16O4. The molecule has 0 heterocycles. The van der Waals surface area contributed by atoms with Gasteiger partial charge in [-0.1, -0.05) is 17.9 Å². The summed E-state index contributed by atoms with van der Waals surface area (Å²) in [6.07, 6.45) is 2.90. The SMILES string of the molecule is CC(C)(C)C#C/C=C/CC(C(=O)O)C(=O)O. The maximum absolute atomic E-state index is 10.5. The number of hydrogen-bond donors (Lipinski definition) is 2. The number of aliphatic carboxylic acids is 2. The Labute approximate surface area is 95.0 Å². The Morgan fingerprint density at radius 1 is 1.25 bits per heavy atom. The molecule has 0 fully saturated rings. The summed E-state index contributed by atoms with van der Waals surface area (Å²) in [5, 5.41) is 17.2. The number of carbonyl (C=O) groups is 2. The van der Waals surface area contributed by atoms with E-state index in [9.17, 15) is 9.59 Å². The molecule has 0 aliphatic heterocycles. The Bertz CT molecular complexity index is 335. The van der Waals surface area contributed by atoms with Gasteiger partial charge in [0.15, 0.2) is 5.92 Å². The van der Waals surface area contributed by atoms with Gasteiger partial charge in [0.1, 0.15) is 0 Å². The summed E-state index contributed by atoms with van der Waals surface area (Å²) in [4.78, 5) is 21.0. The van der Waals surface area contributed by atoms with Gasteiger partial charge in [-0.25, -0.2) is 0 Å². The lowest BCUT2D eigenvalue weighted by atomic mass is 9.98. The van der Waals surface area contributed by atoms with E-state index >= 15 is 0 Å². The minimum atomic E-state index is -1.40. The van der Waals surface area contributed by atoms with Crippen molar-refractivity contribution in [3.63, 3.8) is 0 Å². The maximum Gasteiger partial charge on any atom is 0.318 e. The van der Waals surface area contributed by atoms with E-state index in [-0.39, 0.29) is 11.8 Å². The Balaban J connectivity index is 4.32. The van der Waals surface area contributed by atoms with E-state index in [4.69, 9.17) is 10.2 Å². The second-order valence-electron chi connectivity index (χ2n) is 4.39. The van der Waals surface area contributed by atoms with Crippen LogP contribution in [0.1, 0.15) is 27.2 Å². The third kappa shape index (κ3) is 6.66. The summed E-state index contributed by atoms with van der Waals surface area (Å²) in [5.74, 6) is 1.60. The largest absolute Gasteiger partial charge is 0.481 e. The first-order valence-corrected chi connectivity index (χ1v) is 4.87. The summed E-state index contributed by atoms with van der Waals surface area (Å²) in [7, 11) is 0. The van der Waals surface area contributed by atoms with Crippen molar-refractivity contribution < 1.29 is 19.8 Å². The van der Waals surface area contributed by atoms with Gasteiger partial charge in [-0.2, -0.15) is 0 Å². The van der Waals surface area contributed by atoms with Crippen molar-refractivity contribution in [2.24, 2.45) is 11.3 Å². The van der Waals surface area contributed by atoms with Crippen LogP contribution in [0.25, 0.3) is 0 Å². The molecule has 0 aliphatic carbocycles. The minimum Gasteiger partial charge on any atom is -0.481 e. The van der Waals surface area contributed by atoms with Gasteiger partial charge in [0.25, 0.3) is 0 Å². The van der Waals surface area contributed by atoms with Crippen molar-refractivity contribution in [3.05, 3.63) is 12.2 Å². The molecule has 0 saturated carbocycles. The van der Waals surface area contributed by atoms with E-state index in [1.165, 1.54) is 12.2 Å². The molecule has 0 unspecified atom stereocenters. The summed E-state index contributed by atoms with van der Waals surface area (Å²) in [5.41, 5.74) is -0.122. The highest BCUT2D eigenvalue weighted by atomic mass is 16.4. The predicted molar refractivity (Wildman–Crippen MR) is 59.7 cm³/mol. The molecule has 0 atom stereocenters. The van der Waals surface area contributed by atoms with E-state index in [2.05, 4.69) is 11.8 Å². The van der Waals surface area contributed by atoms with Gasteiger partial charge in [-0.15, -0.1) is 0 Å². The molecule has 88 valence electrons. The molecule has 0 spiro atoms. The molecule has 0 aromatic rings. The normalized spacial score (nSPS) is 11.2. The van der Waals surface area contributed by atoms with Gasteiger partial charge in [0.05, 0.1) is 0 Å². The summed E-state index contributed by atoms with van der Waals surface area (Å²) >= 11 is 0. The first-order chi connectivity index (χ1) is 7.24. The van der Waals surface area contributed by atoms with Crippen molar-refractivity contribution >= 4 is 11.9 Å². The summed E-state index contributed by atoms with van der Waals surface area (Å²) in [6, 6.07) is 0. The fourth-order valence-corrected chi connectivity index (χ4v) is 0.828. The average Bonchev–Trinajstić information content (AvgIpc) is 2.07. The number of carboxylic acid groups (broad SMARTS) is 2. The average molecular weight is 224 g/mol. The molecule has 2 N–H and O–H groups in total. The summed E-state index contributed by atoms with van der Waals surface area (Å²) < 4.78 is 0. The third-order valence-electron chi connectivity index (χ3n) is 1.62. The van der Waals surface area contributed by atoms with Crippen molar-refractivity contribution in [1.82, 2.24) is 0 Å². The molecule has 4 nitrogen and oxygen atoms in total. The zero-order valence-corrected chi connectivity index (χ0v) is 9.65. The van der Waals surface area contributed by atoms with Crippen LogP contribution in [0.2, 0.25) is 0 Å². The van der Waals surface area contributed by atoms with Crippen LogP contribution in [0, 0.1) is 23.2 Å². The Hall–Kier alpha value is -1.76. The van der Waals surface area contributed by atoms with Crippen LogP contribution in [0.4, 0.5) is 0 Å². The lowest BCUT2D eigenvalue weighted by Gasteiger charge is -2.06. The molecule has 0 radical (unpaired) electrons. The molecule has 0 aliphatic rings. The topological polar surface area (TPSA) is 74.6 Å². The molecule has 0 rings (SSSR count). The molecule has 0 aromatic heterocycles. The minimum absolute atomic E-state index is 0.0521. The summed E-state index contributed by atoms with van der Waals surface area (Å²) in [6.45, 7) is 5.85. The van der Waals surface area contributed by atoms with Crippen molar-refractivity contribution in [2.75, 3.05) is 0 Å². The maximum atomic E-state index is 10.5. The standard InChI is InChI=1S/C12H16O4/c1-12(2,3)8-6-4-5-7-9(10(13)14)11(15)16/h4-5,9H,7H2,1-3H3,(H,13,14)(H,15,16)/b5-4+. The third-order valence-corrected chi connectivity index (χ3v) is 1.62. The van der Waals surface area contributed by atoms with Crippen LogP contribution < -0.4 is 0 Å². The molecule has 4 heteroatoms. The van der Waals surface area contributed by atoms with E-state index in [0.29, 0.717) is 0 Å². The number of allylic oxidation sites excluding steroid dienone is 2. The Kier molecular flexibility index (Phi) is 5.31. The number of hydrogen-bond acceptors (Lipinski definition) is 2.